The molecule has 4 rings (SSSR count). The first kappa shape index (κ1) is 27.8. The van der Waals surface area contributed by atoms with E-state index in [1.165, 1.54) is 10.5 Å². The molecule has 0 saturated carbocycles. The van der Waals surface area contributed by atoms with Gasteiger partial charge in [-0.05, 0) is 48.7 Å². The van der Waals surface area contributed by atoms with Crippen LogP contribution in [0.4, 0.5) is 0 Å². The zero-order chi connectivity index (χ0) is 27.5. The Morgan fingerprint density at radius 2 is 1.46 bits per heavy atom. The van der Waals surface area contributed by atoms with Crippen LogP contribution in [0, 0.1) is 6.92 Å². The highest BCUT2D eigenvalue weighted by molar-refractivity contribution is 7.89. The molecule has 0 heterocycles. The number of carbonyl (C=O) groups excluding carboxylic acids is 1. The van der Waals surface area contributed by atoms with E-state index in [-0.39, 0.29) is 18.0 Å². The lowest BCUT2D eigenvalue weighted by molar-refractivity contribution is -0.121. The fourth-order valence-corrected chi connectivity index (χ4v) is 5.26. The molecule has 0 aromatic heterocycles. The molecule has 0 atom stereocenters. The molecule has 0 saturated heterocycles. The molecule has 1 amide bonds. The first-order chi connectivity index (χ1) is 18.9. The molecule has 8 heteroatoms. The Kier molecular flexibility index (Phi) is 9.61. The van der Waals surface area contributed by atoms with E-state index < -0.39 is 15.9 Å². The summed E-state index contributed by atoms with van der Waals surface area (Å²) in [5.41, 5.74) is 6.10. The van der Waals surface area contributed by atoms with Crippen molar-refractivity contribution < 1.29 is 17.9 Å². The molecule has 7 nitrogen and oxygen atoms in total. The highest BCUT2D eigenvalue weighted by atomic mass is 32.2. The minimum absolute atomic E-state index is 0.141. The molecule has 0 bridgehead atoms. The number of hydrogen-bond donors (Lipinski definition) is 1. The first-order valence-electron chi connectivity index (χ1n) is 12.6. The second-order valence-corrected chi connectivity index (χ2v) is 10.9. The number of para-hydroxylation sites is 1. The average molecular weight is 542 g/mol. The number of rotatable bonds is 12. The summed E-state index contributed by atoms with van der Waals surface area (Å²) in [6.45, 7) is 2.06. The van der Waals surface area contributed by atoms with Gasteiger partial charge in [0.1, 0.15) is 12.4 Å². The molecule has 0 unspecified atom stereocenters. The number of carbonyl (C=O) groups is 1. The topological polar surface area (TPSA) is 88.1 Å². The standard InChI is InChI=1S/C31H31N3O4S/c1-25-16-18-29(19-17-25)39(36,37)34(21-20-26-10-4-2-5-11-26)23-31(35)33-32-22-28-14-8-9-15-30(28)38-24-27-12-6-3-7-13-27/h2-19,22H,20-21,23-24H2,1H3,(H,33,35)/b32-22+. The second-order valence-electron chi connectivity index (χ2n) is 8.99. The van der Waals surface area contributed by atoms with Crippen molar-refractivity contribution in [1.29, 1.82) is 0 Å². The van der Waals surface area contributed by atoms with Crippen LogP contribution in [0.5, 0.6) is 5.75 Å². The van der Waals surface area contributed by atoms with Crippen molar-refractivity contribution in [2.45, 2.75) is 24.8 Å². The first-order valence-corrected chi connectivity index (χ1v) is 14.0. The zero-order valence-corrected chi connectivity index (χ0v) is 22.6. The van der Waals surface area contributed by atoms with Gasteiger partial charge in [0.15, 0.2) is 0 Å². The van der Waals surface area contributed by atoms with Crippen LogP contribution < -0.4 is 10.2 Å². The number of aryl methyl sites for hydroxylation is 1. The molecule has 39 heavy (non-hydrogen) atoms. The van der Waals surface area contributed by atoms with Crippen molar-refractivity contribution in [2.24, 2.45) is 5.10 Å². The summed E-state index contributed by atoms with van der Waals surface area (Å²) in [5, 5.41) is 4.07. The molecule has 0 radical (unpaired) electrons. The van der Waals surface area contributed by atoms with Crippen LogP contribution in [-0.4, -0.2) is 37.9 Å². The lowest BCUT2D eigenvalue weighted by atomic mass is 10.1. The van der Waals surface area contributed by atoms with Gasteiger partial charge in [0.05, 0.1) is 17.7 Å². The van der Waals surface area contributed by atoms with Crippen molar-refractivity contribution in [3.8, 4) is 5.75 Å². The lowest BCUT2D eigenvalue weighted by Crippen LogP contribution is -2.40. The summed E-state index contributed by atoms with van der Waals surface area (Å²) >= 11 is 0. The fraction of sp³-hybridized carbons (Fsp3) is 0.161. The number of nitrogens with zero attached hydrogens (tertiary/aromatic N) is 2. The van der Waals surface area contributed by atoms with E-state index in [2.05, 4.69) is 10.5 Å². The van der Waals surface area contributed by atoms with Gasteiger partial charge in [0.25, 0.3) is 5.91 Å². The number of hydrogen-bond acceptors (Lipinski definition) is 5. The molecular weight excluding hydrogens is 510 g/mol. The number of sulfonamides is 1. The van der Waals surface area contributed by atoms with Crippen molar-refractivity contribution in [1.82, 2.24) is 9.73 Å². The Morgan fingerprint density at radius 3 is 2.15 bits per heavy atom. The van der Waals surface area contributed by atoms with Crippen LogP contribution in [0.25, 0.3) is 0 Å². The second kappa shape index (κ2) is 13.5. The molecular formula is C31H31N3O4S. The van der Waals surface area contributed by atoms with Crippen LogP contribution in [0.3, 0.4) is 0 Å². The van der Waals surface area contributed by atoms with Gasteiger partial charge in [-0.25, -0.2) is 13.8 Å². The summed E-state index contributed by atoms with van der Waals surface area (Å²) in [7, 11) is -3.90. The molecule has 0 aliphatic rings. The number of nitrogens with one attached hydrogen (secondary N) is 1. The lowest BCUT2D eigenvalue weighted by Gasteiger charge is -2.21. The molecule has 4 aromatic carbocycles. The zero-order valence-electron chi connectivity index (χ0n) is 21.7. The van der Waals surface area contributed by atoms with E-state index >= 15 is 0 Å². The van der Waals surface area contributed by atoms with Crippen molar-refractivity contribution in [2.75, 3.05) is 13.1 Å². The molecule has 4 aromatic rings. The highest BCUT2D eigenvalue weighted by Crippen LogP contribution is 2.19. The minimum atomic E-state index is -3.90. The summed E-state index contributed by atoms with van der Waals surface area (Å²) in [6.07, 6.45) is 1.95. The quantitative estimate of drug-likeness (QED) is 0.203. The van der Waals surface area contributed by atoms with Gasteiger partial charge in [0.2, 0.25) is 10.0 Å². The Hall–Kier alpha value is -4.27. The van der Waals surface area contributed by atoms with Crippen molar-refractivity contribution in [3.05, 3.63) is 131 Å². The molecule has 0 aliphatic carbocycles. The van der Waals surface area contributed by atoms with Crippen LogP contribution in [0.15, 0.2) is 119 Å². The predicted molar refractivity (Wildman–Crippen MR) is 153 cm³/mol. The summed E-state index contributed by atoms with van der Waals surface area (Å²) in [5.74, 6) is 0.0727. The molecule has 0 spiro atoms. The smallest absolute Gasteiger partial charge is 0.255 e. The third-order valence-electron chi connectivity index (χ3n) is 6.02. The van der Waals surface area contributed by atoms with Crippen LogP contribution in [0.1, 0.15) is 22.3 Å². The van der Waals surface area contributed by atoms with E-state index in [0.29, 0.717) is 24.3 Å². The normalized spacial score (nSPS) is 11.5. The third-order valence-corrected chi connectivity index (χ3v) is 7.88. The Balaban J connectivity index is 1.43. The maximum atomic E-state index is 13.4. The summed E-state index contributed by atoms with van der Waals surface area (Å²) < 4.78 is 34.0. The third kappa shape index (κ3) is 8.10. The molecule has 0 aliphatic heterocycles. The highest BCUT2D eigenvalue weighted by Gasteiger charge is 2.26. The predicted octanol–water partition coefficient (Wildman–Crippen LogP) is 4.96. The Labute approximate surface area is 229 Å². The fourth-order valence-electron chi connectivity index (χ4n) is 3.87. The van der Waals surface area contributed by atoms with Gasteiger partial charge in [-0.15, -0.1) is 0 Å². The maximum absolute atomic E-state index is 13.4. The number of amides is 1. The van der Waals surface area contributed by atoms with Gasteiger partial charge in [-0.3, -0.25) is 4.79 Å². The summed E-state index contributed by atoms with van der Waals surface area (Å²) in [6, 6.07) is 33.3. The largest absolute Gasteiger partial charge is 0.488 e. The number of ether oxygens (including phenoxy) is 1. The van der Waals surface area contributed by atoms with Crippen LogP contribution in [-0.2, 0) is 27.8 Å². The van der Waals surface area contributed by atoms with E-state index in [1.807, 2.05) is 91.9 Å². The van der Waals surface area contributed by atoms with Gasteiger partial charge in [0, 0.05) is 12.1 Å². The van der Waals surface area contributed by atoms with Crippen molar-refractivity contribution >= 4 is 22.1 Å². The molecule has 200 valence electrons. The summed E-state index contributed by atoms with van der Waals surface area (Å²) in [4.78, 5) is 13.0. The van der Waals surface area contributed by atoms with E-state index in [0.717, 1.165) is 16.7 Å². The van der Waals surface area contributed by atoms with Gasteiger partial charge in [-0.2, -0.15) is 9.41 Å². The Morgan fingerprint density at radius 1 is 0.846 bits per heavy atom. The molecule has 1 N–H and O–H groups in total. The van der Waals surface area contributed by atoms with E-state index in [1.54, 1.807) is 24.3 Å². The molecule has 0 fully saturated rings. The van der Waals surface area contributed by atoms with Crippen LogP contribution in [0.2, 0.25) is 0 Å². The van der Waals surface area contributed by atoms with Crippen molar-refractivity contribution in [3.63, 3.8) is 0 Å². The van der Waals surface area contributed by atoms with Gasteiger partial charge < -0.3 is 4.74 Å². The average Bonchev–Trinajstić information content (AvgIpc) is 2.96. The minimum Gasteiger partial charge on any atom is -0.488 e. The maximum Gasteiger partial charge on any atom is 0.255 e. The van der Waals surface area contributed by atoms with Gasteiger partial charge in [-0.1, -0.05) is 90.5 Å². The Bertz CT molecular complexity index is 1490. The number of benzene rings is 4. The van der Waals surface area contributed by atoms with E-state index in [9.17, 15) is 13.2 Å². The number of hydrazone groups is 1. The van der Waals surface area contributed by atoms with Crippen LogP contribution >= 0.6 is 0 Å². The monoisotopic (exact) mass is 541 g/mol. The van der Waals surface area contributed by atoms with E-state index in [4.69, 9.17) is 4.74 Å². The van der Waals surface area contributed by atoms with Gasteiger partial charge >= 0.3 is 0 Å². The SMILES string of the molecule is Cc1ccc(S(=O)(=O)N(CCc2ccccc2)CC(=O)N/N=C/c2ccccc2OCc2ccccc2)cc1.